The second-order valence-electron chi connectivity index (χ2n) is 6.36. The molecular formula is C17H21N5O6. The Kier molecular flexibility index (Phi) is 5.73. The number of primary amides is 1. The van der Waals surface area contributed by atoms with Crippen molar-refractivity contribution in [2.75, 3.05) is 6.61 Å². The molecule has 1 aliphatic heterocycles. The van der Waals surface area contributed by atoms with Crippen molar-refractivity contribution in [3.8, 4) is 17.1 Å². The second kappa shape index (κ2) is 8.21. The molecule has 0 radical (unpaired) electrons. The molecule has 0 aromatic carbocycles. The van der Waals surface area contributed by atoms with E-state index >= 15 is 0 Å². The first-order chi connectivity index (χ1) is 13.3. The molecule has 3 N–H and O–H groups in total. The summed E-state index contributed by atoms with van der Waals surface area (Å²) < 4.78 is 17.5. The van der Waals surface area contributed by atoms with Crippen molar-refractivity contribution >= 4 is 12.1 Å². The quantitative estimate of drug-likeness (QED) is 0.728. The Morgan fingerprint density at radius 3 is 2.89 bits per heavy atom. The van der Waals surface area contributed by atoms with Gasteiger partial charge in [0.1, 0.15) is 29.8 Å². The molecule has 0 spiro atoms. The molecule has 1 saturated heterocycles. The maximum absolute atomic E-state index is 11.1. The van der Waals surface area contributed by atoms with Crippen LogP contribution in [0.2, 0.25) is 0 Å². The zero-order chi connectivity index (χ0) is 20.3. The smallest absolute Gasteiger partial charge is 0.404 e. The molecule has 3 rings (SSSR count). The van der Waals surface area contributed by atoms with Crippen LogP contribution in [-0.4, -0.2) is 56.0 Å². The van der Waals surface area contributed by atoms with Gasteiger partial charge in [-0.15, -0.1) is 5.10 Å². The van der Waals surface area contributed by atoms with Crippen molar-refractivity contribution < 1.29 is 28.9 Å². The van der Waals surface area contributed by atoms with Gasteiger partial charge in [0, 0.05) is 19.9 Å². The first-order valence-corrected chi connectivity index (χ1v) is 8.65. The molecule has 150 valence electrons. The Balaban J connectivity index is 1.76. The van der Waals surface area contributed by atoms with E-state index in [0.717, 1.165) is 0 Å². The SMILES string of the molecule is Cc1nc(-c2nnn(C)c2COC(N)=O)ccc1O[C@H]1CCO[C@H](C(=O)O)C1. The van der Waals surface area contributed by atoms with Crippen LogP contribution in [0.1, 0.15) is 24.2 Å². The van der Waals surface area contributed by atoms with Gasteiger partial charge in [0.05, 0.1) is 18.0 Å². The Morgan fingerprint density at radius 1 is 1.43 bits per heavy atom. The fourth-order valence-electron chi connectivity index (χ4n) is 2.91. The summed E-state index contributed by atoms with van der Waals surface area (Å²) in [4.78, 5) is 26.5. The number of aliphatic carboxylic acids is 1. The average molecular weight is 391 g/mol. The number of nitrogens with zero attached hydrogens (tertiary/aromatic N) is 4. The van der Waals surface area contributed by atoms with Gasteiger partial charge in [0.2, 0.25) is 0 Å². The molecule has 1 aliphatic rings. The minimum absolute atomic E-state index is 0.0776. The Bertz CT molecular complexity index is 883. The average Bonchev–Trinajstić information content (AvgIpc) is 3.02. The number of hydrogen-bond donors (Lipinski definition) is 2. The molecule has 11 nitrogen and oxygen atoms in total. The Morgan fingerprint density at radius 2 is 2.21 bits per heavy atom. The number of hydrogen-bond acceptors (Lipinski definition) is 8. The highest BCUT2D eigenvalue weighted by Gasteiger charge is 2.29. The molecule has 3 heterocycles. The van der Waals surface area contributed by atoms with Crippen LogP contribution in [-0.2, 0) is 27.9 Å². The van der Waals surface area contributed by atoms with E-state index in [1.54, 1.807) is 26.1 Å². The number of carboxylic acid groups (broad SMARTS) is 1. The normalized spacial score (nSPS) is 19.2. The van der Waals surface area contributed by atoms with E-state index in [-0.39, 0.29) is 19.1 Å². The summed E-state index contributed by atoms with van der Waals surface area (Å²) in [5.74, 6) is -0.439. The predicted molar refractivity (Wildman–Crippen MR) is 94.4 cm³/mol. The lowest BCUT2D eigenvalue weighted by Gasteiger charge is -2.28. The summed E-state index contributed by atoms with van der Waals surface area (Å²) in [5.41, 5.74) is 7.19. The van der Waals surface area contributed by atoms with E-state index in [1.165, 1.54) is 4.68 Å². The van der Waals surface area contributed by atoms with Gasteiger partial charge < -0.3 is 25.1 Å². The molecule has 0 bridgehead atoms. The van der Waals surface area contributed by atoms with Crippen LogP contribution in [0.5, 0.6) is 5.75 Å². The molecule has 1 fully saturated rings. The van der Waals surface area contributed by atoms with Crippen LogP contribution >= 0.6 is 0 Å². The van der Waals surface area contributed by atoms with Gasteiger partial charge in [0.15, 0.2) is 6.10 Å². The molecular weight excluding hydrogens is 370 g/mol. The standard InChI is InChI=1S/C17H21N5O6/c1-9-13(28-10-5-6-26-14(7-10)16(23)24)4-3-11(19-9)15-12(8-27-17(18)25)22(2)21-20-15/h3-4,10,14H,5-8H2,1-2H3,(H2,18,25)(H,23,24)/t10-,14-/m0/s1. The second-order valence-corrected chi connectivity index (χ2v) is 6.36. The van der Waals surface area contributed by atoms with Crippen LogP contribution < -0.4 is 10.5 Å². The fourth-order valence-corrected chi connectivity index (χ4v) is 2.91. The predicted octanol–water partition coefficient (Wildman–Crippen LogP) is 0.792. The van der Waals surface area contributed by atoms with Crippen molar-refractivity contribution in [3.05, 3.63) is 23.5 Å². The number of amides is 1. The first kappa shape index (κ1) is 19.5. The molecule has 11 heteroatoms. The number of carboxylic acids is 1. The lowest BCUT2D eigenvalue weighted by molar-refractivity contribution is -0.156. The minimum atomic E-state index is -0.994. The third-order valence-electron chi connectivity index (χ3n) is 4.38. The summed E-state index contributed by atoms with van der Waals surface area (Å²) in [6.07, 6.45) is -1.15. The number of rotatable bonds is 6. The fraction of sp³-hybridized carbons (Fsp3) is 0.471. The molecule has 28 heavy (non-hydrogen) atoms. The molecule has 1 amide bonds. The van der Waals surface area contributed by atoms with Gasteiger partial charge in [-0.1, -0.05) is 5.21 Å². The summed E-state index contributed by atoms with van der Waals surface area (Å²) >= 11 is 0. The number of carbonyl (C=O) groups excluding carboxylic acids is 1. The highest BCUT2D eigenvalue weighted by Crippen LogP contribution is 2.27. The van der Waals surface area contributed by atoms with E-state index < -0.39 is 18.2 Å². The number of nitrogens with two attached hydrogens (primary N) is 1. The molecule has 2 aromatic rings. The van der Waals surface area contributed by atoms with E-state index in [0.29, 0.717) is 41.6 Å². The van der Waals surface area contributed by atoms with Crippen LogP contribution in [0.15, 0.2) is 12.1 Å². The minimum Gasteiger partial charge on any atom is -0.488 e. The third-order valence-corrected chi connectivity index (χ3v) is 4.38. The van der Waals surface area contributed by atoms with Crippen molar-refractivity contribution in [1.82, 2.24) is 20.0 Å². The van der Waals surface area contributed by atoms with Crippen molar-refractivity contribution in [3.63, 3.8) is 0 Å². The summed E-state index contributed by atoms with van der Waals surface area (Å²) in [7, 11) is 1.67. The number of aryl methyl sites for hydroxylation is 2. The highest BCUT2D eigenvalue weighted by atomic mass is 16.5. The van der Waals surface area contributed by atoms with Crippen LogP contribution in [0.25, 0.3) is 11.4 Å². The van der Waals surface area contributed by atoms with Crippen molar-refractivity contribution in [1.29, 1.82) is 0 Å². The zero-order valence-corrected chi connectivity index (χ0v) is 15.5. The largest absolute Gasteiger partial charge is 0.488 e. The molecule has 0 aliphatic carbocycles. The number of pyridine rings is 1. The topological polar surface area (TPSA) is 152 Å². The molecule has 2 aromatic heterocycles. The lowest BCUT2D eigenvalue weighted by atomic mass is 10.1. The first-order valence-electron chi connectivity index (χ1n) is 8.65. The molecule has 0 unspecified atom stereocenters. The number of ether oxygens (including phenoxy) is 3. The van der Waals surface area contributed by atoms with Gasteiger partial charge in [0.25, 0.3) is 0 Å². The Labute approximate surface area is 160 Å². The maximum Gasteiger partial charge on any atom is 0.404 e. The van der Waals surface area contributed by atoms with E-state index in [1.807, 2.05) is 0 Å². The van der Waals surface area contributed by atoms with Gasteiger partial charge >= 0.3 is 12.1 Å². The van der Waals surface area contributed by atoms with Gasteiger partial charge in [-0.2, -0.15) is 0 Å². The number of carbonyl (C=O) groups is 2. The van der Waals surface area contributed by atoms with Crippen LogP contribution in [0.4, 0.5) is 4.79 Å². The summed E-state index contributed by atoms with van der Waals surface area (Å²) in [6, 6.07) is 3.46. The molecule has 0 saturated carbocycles. The van der Waals surface area contributed by atoms with Crippen molar-refractivity contribution in [2.45, 2.75) is 38.6 Å². The van der Waals surface area contributed by atoms with Crippen LogP contribution in [0.3, 0.4) is 0 Å². The van der Waals surface area contributed by atoms with Gasteiger partial charge in [-0.3, -0.25) is 0 Å². The molecule has 2 atom stereocenters. The highest BCUT2D eigenvalue weighted by molar-refractivity contribution is 5.72. The van der Waals surface area contributed by atoms with Gasteiger partial charge in [-0.25, -0.2) is 19.3 Å². The monoisotopic (exact) mass is 391 g/mol. The third kappa shape index (κ3) is 4.36. The lowest BCUT2D eigenvalue weighted by Crippen LogP contribution is -2.37. The van der Waals surface area contributed by atoms with Crippen molar-refractivity contribution in [2.24, 2.45) is 12.8 Å². The zero-order valence-electron chi connectivity index (χ0n) is 15.5. The number of aromatic nitrogens is 4. The summed E-state index contributed by atoms with van der Waals surface area (Å²) in [5, 5.41) is 17.1. The summed E-state index contributed by atoms with van der Waals surface area (Å²) in [6.45, 7) is 2.03. The Hall–Kier alpha value is -3.21. The van der Waals surface area contributed by atoms with E-state index in [9.17, 15) is 9.59 Å². The van der Waals surface area contributed by atoms with Gasteiger partial charge in [-0.05, 0) is 19.1 Å². The van der Waals surface area contributed by atoms with E-state index in [4.69, 9.17) is 25.1 Å². The van der Waals surface area contributed by atoms with Crippen LogP contribution in [0, 0.1) is 6.92 Å². The van der Waals surface area contributed by atoms with E-state index in [2.05, 4.69) is 15.3 Å². The maximum atomic E-state index is 11.1.